The van der Waals surface area contributed by atoms with Crippen LogP contribution in [-0.2, 0) is 6.42 Å². The molecule has 0 spiro atoms. The van der Waals surface area contributed by atoms with Gasteiger partial charge in [-0.1, -0.05) is 39.3 Å². The van der Waals surface area contributed by atoms with Crippen molar-refractivity contribution in [3.8, 4) is 0 Å². The lowest BCUT2D eigenvalue weighted by molar-refractivity contribution is 0.435. The van der Waals surface area contributed by atoms with Crippen LogP contribution in [-0.4, -0.2) is 17.6 Å². The normalized spacial score (nSPS) is 13.3. The average Bonchev–Trinajstić information content (AvgIpc) is 2.76. The van der Waals surface area contributed by atoms with Crippen molar-refractivity contribution in [3.63, 3.8) is 0 Å². The number of rotatable bonds is 6. The minimum absolute atomic E-state index is 0.564. The highest BCUT2D eigenvalue weighted by molar-refractivity contribution is 7.18. The van der Waals surface area contributed by atoms with E-state index in [0.29, 0.717) is 12.0 Å². The van der Waals surface area contributed by atoms with Crippen molar-refractivity contribution in [1.29, 1.82) is 0 Å². The zero-order chi connectivity index (χ0) is 13.0. The molecule has 0 aliphatic carbocycles. The predicted molar refractivity (Wildman–Crippen MR) is 80.2 cm³/mol. The van der Waals surface area contributed by atoms with E-state index in [0.717, 1.165) is 18.5 Å². The Morgan fingerprint density at radius 3 is 2.72 bits per heavy atom. The van der Waals surface area contributed by atoms with Gasteiger partial charge in [-0.05, 0) is 24.6 Å². The molecule has 2 aromatic rings. The molecule has 3 heteroatoms. The molecular formula is C15H22N2S. The molecule has 1 aromatic carbocycles. The summed E-state index contributed by atoms with van der Waals surface area (Å²) in [5.41, 5.74) is 1.14. The Morgan fingerprint density at radius 1 is 1.28 bits per heavy atom. The van der Waals surface area contributed by atoms with E-state index < -0.39 is 0 Å². The van der Waals surface area contributed by atoms with Gasteiger partial charge in [0.25, 0.3) is 0 Å². The van der Waals surface area contributed by atoms with Gasteiger partial charge < -0.3 is 5.32 Å². The maximum atomic E-state index is 4.72. The molecule has 1 N–H and O–H groups in total. The molecule has 0 aliphatic heterocycles. The van der Waals surface area contributed by atoms with E-state index in [1.165, 1.54) is 16.1 Å². The van der Waals surface area contributed by atoms with E-state index in [-0.39, 0.29) is 0 Å². The van der Waals surface area contributed by atoms with Crippen molar-refractivity contribution < 1.29 is 0 Å². The van der Waals surface area contributed by atoms with Crippen molar-refractivity contribution in [3.05, 3.63) is 29.3 Å². The number of fused-ring (bicyclic) bond motifs is 1. The second-order valence-electron chi connectivity index (χ2n) is 5.12. The number of thiazole rings is 1. The Morgan fingerprint density at radius 2 is 2.06 bits per heavy atom. The van der Waals surface area contributed by atoms with Crippen LogP contribution in [0, 0.1) is 5.92 Å². The molecule has 0 amide bonds. The SMILES string of the molecule is CCC(CNC(C)C)Cc1nc2ccccc2s1. The number of aromatic nitrogens is 1. The standard InChI is InChI=1S/C15H22N2S/c1-4-12(10-16-11(2)3)9-15-17-13-7-5-6-8-14(13)18-15/h5-8,11-12,16H,4,9-10H2,1-3H3. The lowest BCUT2D eigenvalue weighted by Crippen LogP contribution is -2.29. The molecule has 18 heavy (non-hydrogen) atoms. The number of hydrogen-bond donors (Lipinski definition) is 1. The molecule has 1 heterocycles. The third kappa shape index (κ3) is 3.53. The third-order valence-corrected chi connectivity index (χ3v) is 4.25. The first-order valence-corrected chi connectivity index (χ1v) is 7.58. The maximum absolute atomic E-state index is 4.72. The maximum Gasteiger partial charge on any atom is 0.0941 e. The average molecular weight is 262 g/mol. The van der Waals surface area contributed by atoms with Crippen molar-refractivity contribution in [2.24, 2.45) is 5.92 Å². The number of para-hydroxylation sites is 1. The van der Waals surface area contributed by atoms with Gasteiger partial charge in [0.1, 0.15) is 0 Å². The smallest absolute Gasteiger partial charge is 0.0941 e. The van der Waals surface area contributed by atoms with Gasteiger partial charge in [-0.25, -0.2) is 4.98 Å². The van der Waals surface area contributed by atoms with Crippen molar-refractivity contribution in [2.75, 3.05) is 6.54 Å². The molecule has 0 radical (unpaired) electrons. The van der Waals surface area contributed by atoms with Crippen LogP contribution in [0.15, 0.2) is 24.3 Å². The Balaban J connectivity index is 2.02. The van der Waals surface area contributed by atoms with E-state index in [9.17, 15) is 0 Å². The Bertz CT molecular complexity index is 457. The monoisotopic (exact) mass is 262 g/mol. The summed E-state index contributed by atoms with van der Waals surface area (Å²) in [6.07, 6.45) is 2.30. The quantitative estimate of drug-likeness (QED) is 0.855. The molecule has 2 nitrogen and oxygen atoms in total. The topological polar surface area (TPSA) is 24.9 Å². The van der Waals surface area contributed by atoms with Crippen LogP contribution in [0.25, 0.3) is 10.2 Å². The lowest BCUT2D eigenvalue weighted by atomic mass is 10.0. The van der Waals surface area contributed by atoms with Crippen LogP contribution in [0.5, 0.6) is 0 Å². The molecule has 1 atom stereocenters. The summed E-state index contributed by atoms with van der Waals surface area (Å²) in [5, 5.41) is 4.80. The van der Waals surface area contributed by atoms with Crippen LogP contribution < -0.4 is 5.32 Å². The molecule has 1 unspecified atom stereocenters. The highest BCUT2D eigenvalue weighted by atomic mass is 32.1. The summed E-state index contributed by atoms with van der Waals surface area (Å²) in [5.74, 6) is 0.688. The van der Waals surface area contributed by atoms with Crippen LogP contribution in [0.1, 0.15) is 32.2 Å². The summed E-state index contributed by atoms with van der Waals surface area (Å²) < 4.78 is 1.30. The zero-order valence-corrected chi connectivity index (χ0v) is 12.3. The van der Waals surface area contributed by atoms with E-state index in [4.69, 9.17) is 4.98 Å². The molecular weight excluding hydrogens is 240 g/mol. The summed E-state index contributed by atoms with van der Waals surface area (Å²) in [6.45, 7) is 7.75. The first-order valence-electron chi connectivity index (χ1n) is 6.77. The molecule has 2 rings (SSSR count). The lowest BCUT2D eigenvalue weighted by Gasteiger charge is -2.16. The van der Waals surface area contributed by atoms with Crippen LogP contribution in [0.4, 0.5) is 0 Å². The Hall–Kier alpha value is -0.930. The van der Waals surface area contributed by atoms with Crippen LogP contribution in [0.3, 0.4) is 0 Å². The summed E-state index contributed by atoms with van der Waals surface area (Å²) in [6, 6.07) is 8.96. The van der Waals surface area contributed by atoms with Gasteiger partial charge in [0.15, 0.2) is 0 Å². The van der Waals surface area contributed by atoms with E-state index >= 15 is 0 Å². The largest absolute Gasteiger partial charge is 0.314 e. The second kappa shape index (κ2) is 6.30. The fourth-order valence-electron chi connectivity index (χ4n) is 2.02. The summed E-state index contributed by atoms with van der Waals surface area (Å²) in [4.78, 5) is 4.72. The fraction of sp³-hybridized carbons (Fsp3) is 0.533. The minimum Gasteiger partial charge on any atom is -0.314 e. The number of hydrogen-bond acceptors (Lipinski definition) is 3. The Labute approximate surface area is 113 Å². The van der Waals surface area contributed by atoms with Crippen molar-refractivity contribution in [1.82, 2.24) is 10.3 Å². The van der Waals surface area contributed by atoms with Crippen LogP contribution >= 0.6 is 11.3 Å². The van der Waals surface area contributed by atoms with Gasteiger partial charge in [0.05, 0.1) is 15.2 Å². The molecule has 0 aliphatic rings. The minimum atomic E-state index is 0.564. The molecule has 0 saturated heterocycles. The highest BCUT2D eigenvalue weighted by Crippen LogP contribution is 2.24. The predicted octanol–water partition coefficient (Wildman–Crippen LogP) is 3.86. The third-order valence-electron chi connectivity index (χ3n) is 3.19. The molecule has 1 aromatic heterocycles. The van der Waals surface area contributed by atoms with E-state index in [2.05, 4.69) is 50.4 Å². The van der Waals surface area contributed by atoms with Gasteiger partial charge in [-0.15, -0.1) is 11.3 Å². The summed E-state index contributed by atoms with van der Waals surface area (Å²) >= 11 is 1.84. The number of nitrogens with zero attached hydrogens (tertiary/aromatic N) is 1. The first kappa shape index (κ1) is 13.5. The Kier molecular flexibility index (Phi) is 4.72. The van der Waals surface area contributed by atoms with E-state index in [1.54, 1.807) is 0 Å². The summed E-state index contributed by atoms with van der Waals surface area (Å²) in [7, 11) is 0. The van der Waals surface area contributed by atoms with Gasteiger partial charge in [-0.3, -0.25) is 0 Å². The second-order valence-corrected chi connectivity index (χ2v) is 6.23. The molecule has 0 saturated carbocycles. The van der Waals surface area contributed by atoms with Crippen molar-refractivity contribution >= 4 is 21.6 Å². The van der Waals surface area contributed by atoms with Crippen LogP contribution in [0.2, 0.25) is 0 Å². The molecule has 0 fully saturated rings. The van der Waals surface area contributed by atoms with Crippen molar-refractivity contribution in [2.45, 2.75) is 39.7 Å². The highest BCUT2D eigenvalue weighted by Gasteiger charge is 2.11. The van der Waals surface area contributed by atoms with Gasteiger partial charge in [0.2, 0.25) is 0 Å². The number of nitrogens with one attached hydrogen (secondary N) is 1. The first-order chi connectivity index (χ1) is 8.69. The molecule has 98 valence electrons. The fourth-order valence-corrected chi connectivity index (χ4v) is 3.10. The van der Waals surface area contributed by atoms with Gasteiger partial charge >= 0.3 is 0 Å². The van der Waals surface area contributed by atoms with E-state index in [1.807, 2.05) is 11.3 Å². The molecule has 0 bridgehead atoms. The zero-order valence-electron chi connectivity index (χ0n) is 11.4. The number of benzene rings is 1. The van der Waals surface area contributed by atoms with Gasteiger partial charge in [0, 0.05) is 12.5 Å². The van der Waals surface area contributed by atoms with Gasteiger partial charge in [-0.2, -0.15) is 0 Å².